The number of ether oxygens (including phenoxy) is 3. The van der Waals surface area contributed by atoms with Crippen LogP contribution in [0.3, 0.4) is 0 Å². The van der Waals surface area contributed by atoms with E-state index in [1.165, 1.54) is 6.20 Å². The fraction of sp³-hybridized carbons (Fsp3) is 0.450. The van der Waals surface area contributed by atoms with Crippen molar-refractivity contribution in [3.63, 3.8) is 0 Å². The van der Waals surface area contributed by atoms with Gasteiger partial charge in [-0.05, 0) is 6.07 Å². The molecular formula is C20H22N6O4. The van der Waals surface area contributed by atoms with Crippen LogP contribution in [0.15, 0.2) is 30.9 Å². The molecule has 0 radical (unpaired) electrons. The van der Waals surface area contributed by atoms with Crippen LogP contribution in [0.1, 0.15) is 17.5 Å². The van der Waals surface area contributed by atoms with Gasteiger partial charge in [-0.2, -0.15) is 5.26 Å². The van der Waals surface area contributed by atoms with Crippen molar-refractivity contribution in [2.45, 2.75) is 19.1 Å². The number of hydrogen-bond acceptors (Lipinski definition) is 9. The van der Waals surface area contributed by atoms with Gasteiger partial charge < -0.3 is 24.0 Å². The number of rotatable bonds is 5. The Morgan fingerprint density at radius 2 is 2.03 bits per heavy atom. The molecule has 0 bridgehead atoms. The van der Waals surface area contributed by atoms with E-state index in [-0.39, 0.29) is 18.8 Å². The van der Waals surface area contributed by atoms with Crippen LogP contribution in [0.2, 0.25) is 0 Å². The first-order valence-electron chi connectivity index (χ1n) is 9.79. The molecule has 2 saturated heterocycles. The average molecular weight is 410 g/mol. The Bertz CT molecular complexity index is 902. The Hall–Kier alpha value is -3.45. The molecule has 0 aliphatic carbocycles. The third kappa shape index (κ3) is 4.75. The highest BCUT2D eigenvalue weighted by atomic mass is 16.6. The smallest absolute Gasteiger partial charge is 0.410 e. The number of amides is 1. The molecular weight excluding hydrogens is 388 g/mol. The first kappa shape index (κ1) is 19.8. The fourth-order valence-electron chi connectivity index (χ4n) is 3.27. The van der Waals surface area contributed by atoms with Crippen molar-refractivity contribution in [2.24, 2.45) is 0 Å². The molecule has 1 unspecified atom stereocenters. The fourth-order valence-corrected chi connectivity index (χ4v) is 3.27. The van der Waals surface area contributed by atoms with Crippen LogP contribution in [0.25, 0.3) is 0 Å². The summed E-state index contributed by atoms with van der Waals surface area (Å²) in [6, 6.07) is 3.84. The number of anilines is 1. The molecule has 4 heterocycles. The van der Waals surface area contributed by atoms with Crippen LogP contribution in [0.4, 0.5) is 10.7 Å². The molecule has 2 aliphatic heterocycles. The first-order valence-corrected chi connectivity index (χ1v) is 9.79. The Morgan fingerprint density at radius 1 is 1.23 bits per heavy atom. The first-order chi connectivity index (χ1) is 14.7. The van der Waals surface area contributed by atoms with Crippen molar-refractivity contribution in [1.29, 1.82) is 5.26 Å². The standard InChI is InChI=1S/C20H22N6O4/c21-9-16-10-22-3-1-15(16)13-29-18-11-23-19(24-12-18)25-4-6-26(7-5-25)20(27)30-17-2-8-28-14-17/h1,3,10-12,17H,2,4-8,13-14H2. The molecule has 0 aromatic carbocycles. The molecule has 156 valence electrons. The minimum absolute atomic E-state index is 0.136. The van der Waals surface area contributed by atoms with E-state index in [9.17, 15) is 4.79 Å². The highest BCUT2D eigenvalue weighted by Crippen LogP contribution is 2.17. The van der Waals surface area contributed by atoms with Crippen molar-refractivity contribution >= 4 is 12.0 Å². The predicted molar refractivity (Wildman–Crippen MR) is 105 cm³/mol. The third-order valence-corrected chi connectivity index (χ3v) is 5.02. The SMILES string of the molecule is N#Cc1cnccc1COc1cnc(N2CCN(C(=O)OC3CCOC3)CC2)nc1. The molecule has 2 aromatic heterocycles. The summed E-state index contributed by atoms with van der Waals surface area (Å²) < 4.78 is 16.4. The van der Waals surface area contributed by atoms with Crippen LogP contribution in [0, 0.1) is 11.3 Å². The zero-order valence-electron chi connectivity index (χ0n) is 16.4. The van der Waals surface area contributed by atoms with Gasteiger partial charge in [0.25, 0.3) is 0 Å². The van der Waals surface area contributed by atoms with E-state index >= 15 is 0 Å². The lowest BCUT2D eigenvalue weighted by Gasteiger charge is -2.34. The quantitative estimate of drug-likeness (QED) is 0.721. The van der Waals surface area contributed by atoms with Crippen LogP contribution >= 0.6 is 0 Å². The number of pyridine rings is 1. The van der Waals surface area contributed by atoms with E-state index in [2.05, 4.69) is 21.0 Å². The lowest BCUT2D eigenvalue weighted by atomic mass is 10.2. The van der Waals surface area contributed by atoms with Gasteiger partial charge in [-0.15, -0.1) is 0 Å². The summed E-state index contributed by atoms with van der Waals surface area (Å²) >= 11 is 0. The molecule has 30 heavy (non-hydrogen) atoms. The summed E-state index contributed by atoms with van der Waals surface area (Å²) in [5.41, 5.74) is 1.23. The number of aromatic nitrogens is 3. The minimum Gasteiger partial charge on any atom is -0.486 e. The van der Waals surface area contributed by atoms with Crippen LogP contribution in [-0.4, -0.2) is 71.4 Å². The number of carbonyl (C=O) groups is 1. The largest absolute Gasteiger partial charge is 0.486 e. The summed E-state index contributed by atoms with van der Waals surface area (Å²) in [5, 5.41) is 9.11. The monoisotopic (exact) mass is 410 g/mol. The number of hydrogen-bond donors (Lipinski definition) is 0. The van der Waals surface area contributed by atoms with E-state index in [1.54, 1.807) is 29.6 Å². The average Bonchev–Trinajstić information content (AvgIpc) is 3.31. The van der Waals surface area contributed by atoms with E-state index < -0.39 is 0 Å². The Kier molecular flexibility index (Phi) is 6.20. The van der Waals surface area contributed by atoms with Gasteiger partial charge in [0, 0.05) is 50.6 Å². The summed E-state index contributed by atoms with van der Waals surface area (Å²) in [6.45, 7) is 3.71. The van der Waals surface area contributed by atoms with Crippen molar-refractivity contribution in [1.82, 2.24) is 19.9 Å². The van der Waals surface area contributed by atoms with Gasteiger partial charge in [0.1, 0.15) is 18.8 Å². The van der Waals surface area contributed by atoms with Gasteiger partial charge in [0.15, 0.2) is 5.75 Å². The second kappa shape index (κ2) is 9.37. The summed E-state index contributed by atoms with van der Waals surface area (Å²) in [5.74, 6) is 1.10. The van der Waals surface area contributed by atoms with Gasteiger partial charge in [0.05, 0.1) is 31.2 Å². The molecule has 1 atom stereocenters. The molecule has 0 saturated carbocycles. The van der Waals surface area contributed by atoms with E-state index in [0.29, 0.717) is 56.7 Å². The number of carbonyl (C=O) groups excluding carboxylic acids is 1. The molecule has 4 rings (SSSR count). The Labute approximate surface area is 174 Å². The maximum atomic E-state index is 12.2. The second-order valence-corrected chi connectivity index (χ2v) is 7.00. The summed E-state index contributed by atoms with van der Waals surface area (Å²) in [7, 11) is 0. The van der Waals surface area contributed by atoms with Gasteiger partial charge in [0.2, 0.25) is 5.95 Å². The predicted octanol–water partition coefficient (Wildman–Crippen LogP) is 1.37. The molecule has 2 fully saturated rings. The molecule has 2 aliphatic rings. The summed E-state index contributed by atoms with van der Waals surface area (Å²) in [4.78, 5) is 28.6. The second-order valence-electron chi connectivity index (χ2n) is 7.00. The lowest BCUT2D eigenvalue weighted by molar-refractivity contribution is 0.0533. The Balaban J connectivity index is 1.26. The highest BCUT2D eigenvalue weighted by molar-refractivity contribution is 5.68. The van der Waals surface area contributed by atoms with E-state index in [4.69, 9.17) is 19.5 Å². The van der Waals surface area contributed by atoms with Gasteiger partial charge >= 0.3 is 6.09 Å². The zero-order chi connectivity index (χ0) is 20.8. The van der Waals surface area contributed by atoms with Gasteiger partial charge in [-0.1, -0.05) is 0 Å². The van der Waals surface area contributed by atoms with Crippen LogP contribution in [-0.2, 0) is 16.1 Å². The Morgan fingerprint density at radius 3 is 2.73 bits per heavy atom. The molecule has 10 nitrogen and oxygen atoms in total. The van der Waals surface area contributed by atoms with Crippen LogP contribution in [0.5, 0.6) is 5.75 Å². The molecule has 0 spiro atoms. The highest BCUT2D eigenvalue weighted by Gasteiger charge is 2.27. The molecule has 2 aromatic rings. The molecule has 1 amide bonds. The van der Waals surface area contributed by atoms with E-state index in [1.807, 2.05) is 4.90 Å². The van der Waals surface area contributed by atoms with E-state index in [0.717, 1.165) is 12.0 Å². The van der Waals surface area contributed by atoms with Crippen molar-refractivity contribution in [2.75, 3.05) is 44.3 Å². The third-order valence-electron chi connectivity index (χ3n) is 5.02. The maximum Gasteiger partial charge on any atom is 0.410 e. The van der Waals surface area contributed by atoms with Gasteiger partial charge in [-0.3, -0.25) is 4.98 Å². The number of piperazine rings is 1. The minimum atomic E-state index is -0.289. The molecule has 0 N–H and O–H groups in total. The zero-order valence-corrected chi connectivity index (χ0v) is 16.4. The van der Waals surface area contributed by atoms with Crippen molar-refractivity contribution in [3.8, 4) is 11.8 Å². The normalized spacial score (nSPS) is 18.7. The maximum absolute atomic E-state index is 12.2. The van der Waals surface area contributed by atoms with Gasteiger partial charge in [-0.25, -0.2) is 14.8 Å². The molecule has 10 heteroatoms. The number of nitriles is 1. The van der Waals surface area contributed by atoms with Crippen LogP contribution < -0.4 is 9.64 Å². The summed E-state index contributed by atoms with van der Waals surface area (Å²) in [6.07, 6.45) is 6.68. The topological polar surface area (TPSA) is 114 Å². The number of nitrogens with zero attached hydrogens (tertiary/aromatic N) is 6. The van der Waals surface area contributed by atoms with Crippen molar-refractivity contribution in [3.05, 3.63) is 42.0 Å². The van der Waals surface area contributed by atoms with Crippen molar-refractivity contribution < 1.29 is 19.0 Å². The lowest BCUT2D eigenvalue weighted by Crippen LogP contribution is -2.50.